The summed E-state index contributed by atoms with van der Waals surface area (Å²) in [4.78, 5) is 24.6. The van der Waals surface area contributed by atoms with E-state index in [1.165, 1.54) is 12.1 Å². The van der Waals surface area contributed by atoms with Crippen LogP contribution in [0.15, 0.2) is 61.5 Å². The molecular formula is C20H14N2O6. The van der Waals surface area contributed by atoms with Crippen molar-refractivity contribution >= 4 is 16.9 Å². The third kappa shape index (κ3) is 2.61. The van der Waals surface area contributed by atoms with E-state index in [1.54, 1.807) is 31.2 Å². The maximum absolute atomic E-state index is 12.7. The van der Waals surface area contributed by atoms with Crippen molar-refractivity contribution in [3.05, 3.63) is 75.4 Å². The number of allylic oxidation sites excluding steroid dienone is 1. The Morgan fingerprint density at radius 2 is 2.04 bits per heavy atom. The van der Waals surface area contributed by atoms with Crippen molar-refractivity contribution in [3.8, 4) is 11.8 Å². The fourth-order valence-corrected chi connectivity index (χ4v) is 3.17. The summed E-state index contributed by atoms with van der Waals surface area (Å²) in [6.45, 7) is 1.85. The SMILES string of the molecule is CCOC(=O)c1ccc(C2C(C#N)=C(N)Oc3c2c(=O)oc2ccccc32)o1. The second kappa shape index (κ2) is 6.63. The summed E-state index contributed by atoms with van der Waals surface area (Å²) in [5.41, 5.74) is 5.66. The summed E-state index contributed by atoms with van der Waals surface area (Å²) in [5, 5.41) is 10.1. The molecule has 28 heavy (non-hydrogen) atoms. The highest BCUT2D eigenvalue weighted by Gasteiger charge is 2.37. The standard InChI is InChI=1S/C20H14N2O6/c1-2-25-19(23)14-8-7-13(26-14)15-11(9-21)18(22)28-17-10-5-3-4-6-12(10)27-20(24)16(15)17/h3-8,15H,2,22H2,1H3. The molecule has 0 aliphatic carbocycles. The molecule has 0 radical (unpaired) electrons. The minimum Gasteiger partial charge on any atom is -0.460 e. The Morgan fingerprint density at radius 1 is 1.25 bits per heavy atom. The lowest BCUT2D eigenvalue weighted by atomic mass is 9.87. The number of nitrogens with zero attached hydrogens (tertiary/aromatic N) is 1. The zero-order valence-corrected chi connectivity index (χ0v) is 14.7. The molecule has 3 heterocycles. The molecule has 2 N–H and O–H groups in total. The molecule has 1 aliphatic heterocycles. The number of nitriles is 1. The monoisotopic (exact) mass is 378 g/mol. The number of para-hydroxylation sites is 1. The summed E-state index contributed by atoms with van der Waals surface area (Å²) in [6.07, 6.45) is 0. The number of esters is 1. The molecule has 3 aromatic rings. The fourth-order valence-electron chi connectivity index (χ4n) is 3.17. The van der Waals surface area contributed by atoms with Crippen molar-refractivity contribution in [1.29, 1.82) is 5.26 Å². The van der Waals surface area contributed by atoms with Gasteiger partial charge in [-0.05, 0) is 31.2 Å². The number of rotatable bonds is 3. The van der Waals surface area contributed by atoms with Gasteiger partial charge in [-0.1, -0.05) is 12.1 Å². The van der Waals surface area contributed by atoms with Crippen molar-refractivity contribution < 1.29 is 23.1 Å². The van der Waals surface area contributed by atoms with E-state index in [9.17, 15) is 14.9 Å². The predicted octanol–water partition coefficient (Wildman–Crippen LogP) is 2.78. The molecular weight excluding hydrogens is 364 g/mol. The summed E-state index contributed by atoms with van der Waals surface area (Å²) >= 11 is 0. The van der Waals surface area contributed by atoms with Crippen LogP contribution in [0.5, 0.6) is 5.75 Å². The number of furan rings is 1. The van der Waals surface area contributed by atoms with Crippen molar-refractivity contribution in [2.75, 3.05) is 6.61 Å². The molecule has 2 aromatic heterocycles. The molecule has 8 heteroatoms. The predicted molar refractivity (Wildman–Crippen MR) is 96.4 cm³/mol. The minimum atomic E-state index is -0.974. The summed E-state index contributed by atoms with van der Waals surface area (Å²) in [6, 6.07) is 11.7. The van der Waals surface area contributed by atoms with Gasteiger partial charge in [0.05, 0.1) is 23.5 Å². The first-order chi connectivity index (χ1) is 13.5. The average Bonchev–Trinajstić information content (AvgIpc) is 3.17. The van der Waals surface area contributed by atoms with Gasteiger partial charge in [-0.2, -0.15) is 5.26 Å². The van der Waals surface area contributed by atoms with Crippen molar-refractivity contribution in [2.24, 2.45) is 5.73 Å². The topological polar surface area (TPSA) is 129 Å². The van der Waals surface area contributed by atoms with Crippen LogP contribution >= 0.6 is 0 Å². The third-order valence-electron chi connectivity index (χ3n) is 4.36. The summed E-state index contributed by atoms with van der Waals surface area (Å²) in [5.74, 6) is -1.45. The number of ether oxygens (including phenoxy) is 2. The van der Waals surface area contributed by atoms with Gasteiger partial charge in [0.2, 0.25) is 11.6 Å². The van der Waals surface area contributed by atoms with Crippen LogP contribution in [-0.2, 0) is 4.74 Å². The lowest BCUT2D eigenvalue weighted by Crippen LogP contribution is -2.26. The van der Waals surface area contributed by atoms with Gasteiger partial charge in [-0.25, -0.2) is 9.59 Å². The van der Waals surface area contributed by atoms with E-state index in [0.29, 0.717) is 11.0 Å². The van der Waals surface area contributed by atoms with Gasteiger partial charge in [-0.3, -0.25) is 0 Å². The normalized spacial score (nSPS) is 15.6. The lowest BCUT2D eigenvalue weighted by molar-refractivity contribution is 0.0488. The molecule has 0 saturated carbocycles. The van der Waals surface area contributed by atoms with Crippen LogP contribution in [0.4, 0.5) is 0 Å². The maximum atomic E-state index is 12.7. The number of nitrogens with two attached hydrogens (primary N) is 1. The molecule has 0 bridgehead atoms. The van der Waals surface area contributed by atoms with Gasteiger partial charge >= 0.3 is 11.6 Å². The van der Waals surface area contributed by atoms with Crippen LogP contribution in [0.3, 0.4) is 0 Å². The highest BCUT2D eigenvalue weighted by Crippen LogP contribution is 2.43. The molecule has 0 saturated heterocycles. The van der Waals surface area contributed by atoms with Crippen molar-refractivity contribution in [1.82, 2.24) is 0 Å². The van der Waals surface area contributed by atoms with Crippen LogP contribution in [-0.4, -0.2) is 12.6 Å². The highest BCUT2D eigenvalue weighted by molar-refractivity contribution is 5.87. The Morgan fingerprint density at radius 3 is 2.79 bits per heavy atom. The second-order valence-electron chi connectivity index (χ2n) is 5.98. The van der Waals surface area contributed by atoms with Crippen molar-refractivity contribution in [2.45, 2.75) is 12.8 Å². The highest BCUT2D eigenvalue weighted by atomic mass is 16.5. The third-order valence-corrected chi connectivity index (χ3v) is 4.36. The lowest BCUT2D eigenvalue weighted by Gasteiger charge is -2.24. The van der Waals surface area contributed by atoms with E-state index >= 15 is 0 Å². The first-order valence-electron chi connectivity index (χ1n) is 8.45. The molecule has 1 atom stereocenters. The van der Waals surface area contributed by atoms with Gasteiger partial charge < -0.3 is 24.0 Å². The minimum absolute atomic E-state index is 0.0140. The number of carbonyl (C=O) groups is 1. The Kier molecular flexibility index (Phi) is 4.12. The van der Waals surface area contributed by atoms with Gasteiger partial charge in [-0.15, -0.1) is 0 Å². The number of carbonyl (C=O) groups excluding carboxylic acids is 1. The van der Waals surface area contributed by atoms with E-state index in [-0.39, 0.29) is 40.9 Å². The van der Waals surface area contributed by atoms with E-state index < -0.39 is 17.5 Å². The van der Waals surface area contributed by atoms with Crippen LogP contribution < -0.4 is 16.1 Å². The van der Waals surface area contributed by atoms with Crippen LogP contribution in [0.2, 0.25) is 0 Å². The molecule has 0 amide bonds. The first kappa shape index (κ1) is 17.4. The van der Waals surface area contributed by atoms with Crippen LogP contribution in [0.25, 0.3) is 11.0 Å². The number of fused-ring (bicyclic) bond motifs is 3. The Bertz CT molecular complexity index is 1230. The van der Waals surface area contributed by atoms with E-state index in [0.717, 1.165) is 0 Å². The summed E-state index contributed by atoms with van der Waals surface area (Å²) < 4.78 is 21.5. The van der Waals surface area contributed by atoms with Crippen LogP contribution in [0, 0.1) is 11.3 Å². The molecule has 0 spiro atoms. The summed E-state index contributed by atoms with van der Waals surface area (Å²) in [7, 11) is 0. The van der Waals surface area contributed by atoms with Crippen LogP contribution in [0.1, 0.15) is 34.7 Å². The average molecular weight is 378 g/mol. The van der Waals surface area contributed by atoms with Gasteiger partial charge in [0.1, 0.15) is 23.0 Å². The van der Waals surface area contributed by atoms with E-state index in [4.69, 9.17) is 24.0 Å². The second-order valence-corrected chi connectivity index (χ2v) is 5.98. The quantitative estimate of drug-likeness (QED) is 0.544. The van der Waals surface area contributed by atoms with Gasteiger partial charge in [0.15, 0.2) is 5.75 Å². The van der Waals surface area contributed by atoms with E-state index in [1.807, 2.05) is 6.07 Å². The Hall–Kier alpha value is -3.99. The number of benzene rings is 1. The molecule has 8 nitrogen and oxygen atoms in total. The molecule has 0 fully saturated rings. The zero-order valence-electron chi connectivity index (χ0n) is 14.7. The van der Waals surface area contributed by atoms with E-state index in [2.05, 4.69) is 0 Å². The van der Waals surface area contributed by atoms with Crippen molar-refractivity contribution in [3.63, 3.8) is 0 Å². The smallest absolute Gasteiger partial charge is 0.374 e. The number of hydrogen-bond acceptors (Lipinski definition) is 8. The largest absolute Gasteiger partial charge is 0.460 e. The molecule has 1 aromatic carbocycles. The molecule has 4 rings (SSSR count). The van der Waals surface area contributed by atoms with Gasteiger partial charge in [0, 0.05) is 0 Å². The number of hydrogen-bond donors (Lipinski definition) is 1. The van der Waals surface area contributed by atoms with Gasteiger partial charge in [0.25, 0.3) is 0 Å². The molecule has 140 valence electrons. The molecule has 1 unspecified atom stereocenters. The Balaban J connectivity index is 1.95. The maximum Gasteiger partial charge on any atom is 0.374 e. The fraction of sp³-hybridized carbons (Fsp3) is 0.150. The Labute approximate surface area is 158 Å². The molecule has 1 aliphatic rings. The first-order valence-corrected chi connectivity index (χ1v) is 8.45. The zero-order chi connectivity index (χ0) is 19.8.